The highest BCUT2D eigenvalue weighted by molar-refractivity contribution is 6.08. The zero-order valence-corrected chi connectivity index (χ0v) is 10.2. The van der Waals surface area contributed by atoms with Gasteiger partial charge in [-0.25, -0.2) is 0 Å². The second-order valence-corrected chi connectivity index (χ2v) is 4.18. The molecule has 16 heavy (non-hydrogen) atoms. The summed E-state index contributed by atoms with van der Waals surface area (Å²) >= 11 is 0. The summed E-state index contributed by atoms with van der Waals surface area (Å²) < 4.78 is 4.90. The van der Waals surface area contributed by atoms with Crippen molar-refractivity contribution in [2.24, 2.45) is 5.92 Å². The van der Waals surface area contributed by atoms with Crippen LogP contribution in [0.1, 0.15) is 26.2 Å². The second kappa shape index (κ2) is 5.68. The van der Waals surface area contributed by atoms with Crippen LogP contribution in [-0.4, -0.2) is 37.4 Å². The quantitative estimate of drug-likeness (QED) is 0.413. The van der Waals surface area contributed by atoms with Crippen LogP contribution in [0.15, 0.2) is 11.8 Å². The van der Waals surface area contributed by atoms with Gasteiger partial charge in [0.15, 0.2) is 5.78 Å². The lowest BCUT2D eigenvalue weighted by Gasteiger charge is -2.22. The van der Waals surface area contributed by atoms with Crippen LogP contribution in [0.2, 0.25) is 0 Å². The van der Waals surface area contributed by atoms with E-state index in [0.717, 1.165) is 18.4 Å². The lowest BCUT2D eigenvalue weighted by molar-refractivity contribution is -0.151. The summed E-state index contributed by atoms with van der Waals surface area (Å²) in [6.07, 6.45) is 4.04. The SMILES string of the molecule is CCOC(=O)C1CCC/C(=C/N(C)C)C1=O. The number of hydrogen-bond donors (Lipinski definition) is 0. The molecule has 1 fully saturated rings. The fourth-order valence-corrected chi connectivity index (χ4v) is 1.88. The molecular weight excluding hydrogens is 206 g/mol. The highest BCUT2D eigenvalue weighted by atomic mass is 16.5. The maximum absolute atomic E-state index is 12.0. The Bertz CT molecular complexity index is 307. The van der Waals surface area contributed by atoms with Crippen molar-refractivity contribution in [3.8, 4) is 0 Å². The van der Waals surface area contributed by atoms with Crippen molar-refractivity contribution in [1.29, 1.82) is 0 Å². The molecule has 0 radical (unpaired) electrons. The summed E-state index contributed by atoms with van der Waals surface area (Å²) in [5.41, 5.74) is 0.731. The van der Waals surface area contributed by atoms with Gasteiger partial charge in [-0.2, -0.15) is 0 Å². The largest absolute Gasteiger partial charge is 0.465 e. The summed E-state index contributed by atoms with van der Waals surface area (Å²) in [7, 11) is 3.74. The number of esters is 1. The molecule has 1 aliphatic carbocycles. The van der Waals surface area contributed by atoms with Crippen molar-refractivity contribution in [2.75, 3.05) is 20.7 Å². The fourth-order valence-electron chi connectivity index (χ4n) is 1.88. The van der Waals surface area contributed by atoms with Gasteiger partial charge < -0.3 is 9.64 Å². The smallest absolute Gasteiger partial charge is 0.316 e. The molecule has 4 nitrogen and oxygen atoms in total. The van der Waals surface area contributed by atoms with Crippen molar-refractivity contribution < 1.29 is 14.3 Å². The number of ketones is 1. The van der Waals surface area contributed by atoms with Gasteiger partial charge in [-0.3, -0.25) is 9.59 Å². The van der Waals surface area contributed by atoms with E-state index in [4.69, 9.17) is 4.74 Å². The van der Waals surface area contributed by atoms with Crippen LogP contribution in [-0.2, 0) is 14.3 Å². The van der Waals surface area contributed by atoms with Gasteiger partial charge in [0.1, 0.15) is 5.92 Å². The first-order chi connectivity index (χ1) is 7.56. The normalized spacial score (nSPS) is 23.3. The highest BCUT2D eigenvalue weighted by Crippen LogP contribution is 2.26. The van der Waals surface area contributed by atoms with Gasteiger partial charge in [0.2, 0.25) is 0 Å². The molecule has 0 aromatic heterocycles. The van der Waals surface area contributed by atoms with Gasteiger partial charge in [-0.1, -0.05) is 0 Å². The minimum Gasteiger partial charge on any atom is -0.465 e. The molecule has 0 aliphatic heterocycles. The minimum atomic E-state index is -0.583. The first-order valence-electron chi connectivity index (χ1n) is 5.64. The van der Waals surface area contributed by atoms with Crippen molar-refractivity contribution in [3.63, 3.8) is 0 Å². The Balaban J connectivity index is 2.75. The van der Waals surface area contributed by atoms with Crippen LogP contribution in [0.25, 0.3) is 0 Å². The molecule has 0 bridgehead atoms. The number of hydrogen-bond acceptors (Lipinski definition) is 4. The lowest BCUT2D eigenvalue weighted by atomic mass is 9.84. The summed E-state index contributed by atoms with van der Waals surface area (Å²) in [5.74, 6) is -1.03. The molecule has 0 N–H and O–H groups in total. The third kappa shape index (κ3) is 3.08. The topological polar surface area (TPSA) is 46.6 Å². The molecule has 0 saturated heterocycles. The van der Waals surface area contributed by atoms with E-state index in [9.17, 15) is 9.59 Å². The molecule has 0 spiro atoms. The van der Waals surface area contributed by atoms with Crippen molar-refractivity contribution >= 4 is 11.8 Å². The van der Waals surface area contributed by atoms with Crippen LogP contribution in [0.3, 0.4) is 0 Å². The number of Topliss-reactive ketones (excluding diaryl/α,β-unsaturated/α-hetero) is 1. The number of allylic oxidation sites excluding steroid dienone is 1. The first-order valence-corrected chi connectivity index (χ1v) is 5.64. The average Bonchev–Trinajstić information content (AvgIpc) is 2.21. The zero-order chi connectivity index (χ0) is 12.1. The van der Waals surface area contributed by atoms with E-state index < -0.39 is 5.92 Å². The standard InChI is InChI=1S/C12H19NO3/c1-4-16-12(15)10-7-5-6-9(11(10)14)8-13(2)3/h8,10H,4-7H2,1-3H3/b9-8-. The molecule has 1 rings (SSSR count). The fraction of sp³-hybridized carbons (Fsp3) is 0.667. The maximum Gasteiger partial charge on any atom is 0.316 e. The molecule has 90 valence electrons. The van der Waals surface area contributed by atoms with Crippen molar-refractivity contribution in [3.05, 3.63) is 11.8 Å². The average molecular weight is 225 g/mol. The van der Waals surface area contributed by atoms with E-state index >= 15 is 0 Å². The molecule has 4 heteroatoms. The van der Waals surface area contributed by atoms with E-state index in [1.54, 1.807) is 13.1 Å². The second-order valence-electron chi connectivity index (χ2n) is 4.18. The summed E-state index contributed by atoms with van der Waals surface area (Å²) in [5, 5.41) is 0. The Labute approximate surface area is 96.3 Å². The Hall–Kier alpha value is -1.32. The number of carbonyl (C=O) groups excluding carboxylic acids is 2. The van der Waals surface area contributed by atoms with E-state index in [2.05, 4.69) is 0 Å². The zero-order valence-electron chi connectivity index (χ0n) is 10.2. The molecule has 0 aromatic carbocycles. The van der Waals surface area contributed by atoms with Gasteiger partial charge >= 0.3 is 5.97 Å². The number of nitrogens with zero attached hydrogens (tertiary/aromatic N) is 1. The number of ether oxygens (including phenoxy) is 1. The molecular formula is C12H19NO3. The van der Waals surface area contributed by atoms with Gasteiger partial charge in [0, 0.05) is 25.9 Å². The van der Waals surface area contributed by atoms with Crippen LogP contribution in [0.4, 0.5) is 0 Å². The minimum absolute atomic E-state index is 0.0709. The Morgan fingerprint density at radius 2 is 2.25 bits per heavy atom. The van der Waals surface area contributed by atoms with E-state index in [1.165, 1.54) is 0 Å². The lowest BCUT2D eigenvalue weighted by Crippen LogP contribution is -2.31. The van der Waals surface area contributed by atoms with Crippen molar-refractivity contribution in [2.45, 2.75) is 26.2 Å². The highest BCUT2D eigenvalue weighted by Gasteiger charge is 2.33. The third-order valence-electron chi connectivity index (χ3n) is 2.56. The maximum atomic E-state index is 12.0. The van der Waals surface area contributed by atoms with Gasteiger partial charge in [-0.15, -0.1) is 0 Å². The van der Waals surface area contributed by atoms with E-state index in [1.807, 2.05) is 19.0 Å². The molecule has 0 amide bonds. The van der Waals surface area contributed by atoms with Gasteiger partial charge in [-0.05, 0) is 26.2 Å². The summed E-state index contributed by atoms with van der Waals surface area (Å²) in [6, 6.07) is 0. The molecule has 1 unspecified atom stereocenters. The summed E-state index contributed by atoms with van der Waals surface area (Å²) in [4.78, 5) is 25.4. The molecule has 1 atom stereocenters. The Kier molecular flexibility index (Phi) is 4.52. The monoisotopic (exact) mass is 225 g/mol. The summed E-state index contributed by atoms with van der Waals surface area (Å²) in [6.45, 7) is 2.08. The number of carbonyl (C=O) groups is 2. The molecule has 0 heterocycles. The first kappa shape index (κ1) is 12.7. The van der Waals surface area contributed by atoms with Crippen LogP contribution < -0.4 is 0 Å². The molecule has 0 aromatic rings. The predicted molar refractivity (Wildman–Crippen MR) is 60.8 cm³/mol. The Morgan fingerprint density at radius 1 is 1.56 bits per heavy atom. The number of rotatable bonds is 3. The van der Waals surface area contributed by atoms with Gasteiger partial charge in [0.05, 0.1) is 6.61 Å². The predicted octanol–water partition coefficient (Wildman–Crippen LogP) is 1.36. The van der Waals surface area contributed by atoms with Crippen LogP contribution in [0, 0.1) is 5.92 Å². The van der Waals surface area contributed by atoms with Crippen LogP contribution >= 0.6 is 0 Å². The van der Waals surface area contributed by atoms with E-state index in [-0.39, 0.29) is 11.8 Å². The van der Waals surface area contributed by atoms with Crippen LogP contribution in [0.5, 0.6) is 0 Å². The molecule has 1 aliphatic rings. The third-order valence-corrected chi connectivity index (χ3v) is 2.56. The van der Waals surface area contributed by atoms with E-state index in [0.29, 0.717) is 13.0 Å². The Morgan fingerprint density at radius 3 is 2.81 bits per heavy atom. The van der Waals surface area contributed by atoms with Gasteiger partial charge in [0.25, 0.3) is 0 Å². The van der Waals surface area contributed by atoms with Crippen molar-refractivity contribution in [1.82, 2.24) is 4.90 Å². The molecule has 1 saturated carbocycles.